The van der Waals surface area contributed by atoms with Gasteiger partial charge in [0.1, 0.15) is 0 Å². The van der Waals surface area contributed by atoms with Crippen LogP contribution >= 0.6 is 0 Å². The highest BCUT2D eigenvalue weighted by molar-refractivity contribution is 5.75. The van der Waals surface area contributed by atoms with Crippen LogP contribution in [-0.2, 0) is 4.79 Å². The first-order valence-corrected chi connectivity index (χ1v) is 6.43. The monoisotopic (exact) mass is 273 g/mol. The lowest BCUT2D eigenvalue weighted by molar-refractivity contribution is -0.146. The van der Waals surface area contributed by atoms with Crippen LogP contribution in [0.4, 0.5) is 4.79 Å². The van der Waals surface area contributed by atoms with Crippen molar-refractivity contribution in [1.82, 2.24) is 15.1 Å². The average molecular weight is 273 g/mol. The minimum atomic E-state index is -1.42. The number of carbonyl (C=O) groups excluding carboxylic acids is 1. The van der Waals surface area contributed by atoms with E-state index in [1.54, 1.807) is 4.90 Å². The number of aliphatic hydroxyl groups excluding tert-OH is 1. The number of hydrogen-bond acceptors (Lipinski definition) is 4. The van der Waals surface area contributed by atoms with E-state index in [2.05, 4.69) is 17.1 Å². The Morgan fingerprint density at radius 2 is 2.05 bits per heavy atom. The maximum Gasteiger partial charge on any atom is 0.332 e. The first kappa shape index (κ1) is 15.7. The molecule has 1 saturated heterocycles. The fourth-order valence-corrected chi connectivity index (χ4v) is 2.34. The van der Waals surface area contributed by atoms with Gasteiger partial charge < -0.3 is 25.3 Å². The second-order valence-electron chi connectivity index (χ2n) is 5.29. The molecule has 0 aromatic rings. The molecule has 110 valence electrons. The van der Waals surface area contributed by atoms with Crippen LogP contribution in [0.3, 0.4) is 0 Å². The number of likely N-dealkylation sites (N-methyl/N-ethyl adjacent to an activating group) is 1. The highest BCUT2D eigenvalue weighted by Gasteiger charge is 2.33. The number of amides is 2. The Morgan fingerprint density at radius 1 is 1.42 bits per heavy atom. The standard InChI is InChI=1S/C12H23N3O4/c1-8-6-15(7-9(8)14(2)3)12(19)13-5-4-10(16)11(17)18/h8-10,16H,4-7H2,1-3H3,(H,13,19)(H,17,18)/t8?,9?,10-/m0/s1. The molecule has 19 heavy (non-hydrogen) atoms. The van der Waals surface area contributed by atoms with Gasteiger partial charge in [0.15, 0.2) is 6.10 Å². The van der Waals surface area contributed by atoms with Crippen LogP contribution in [0.5, 0.6) is 0 Å². The van der Waals surface area contributed by atoms with Crippen LogP contribution in [0.25, 0.3) is 0 Å². The molecule has 0 aromatic heterocycles. The molecule has 3 atom stereocenters. The minimum Gasteiger partial charge on any atom is -0.479 e. The van der Waals surface area contributed by atoms with Gasteiger partial charge in [-0.2, -0.15) is 0 Å². The van der Waals surface area contributed by atoms with Crippen molar-refractivity contribution >= 4 is 12.0 Å². The third-order valence-corrected chi connectivity index (χ3v) is 3.50. The van der Waals surface area contributed by atoms with Crippen molar-refractivity contribution in [1.29, 1.82) is 0 Å². The summed E-state index contributed by atoms with van der Waals surface area (Å²) in [5.41, 5.74) is 0. The molecule has 7 heteroatoms. The van der Waals surface area contributed by atoms with Gasteiger partial charge in [0.2, 0.25) is 0 Å². The van der Waals surface area contributed by atoms with E-state index in [-0.39, 0.29) is 19.0 Å². The van der Waals surface area contributed by atoms with Crippen LogP contribution < -0.4 is 5.32 Å². The molecule has 0 radical (unpaired) electrons. The van der Waals surface area contributed by atoms with E-state index in [1.165, 1.54) is 0 Å². The zero-order chi connectivity index (χ0) is 14.6. The van der Waals surface area contributed by atoms with E-state index in [9.17, 15) is 9.59 Å². The number of carboxylic acid groups (broad SMARTS) is 1. The largest absolute Gasteiger partial charge is 0.479 e. The number of carboxylic acids is 1. The highest BCUT2D eigenvalue weighted by Crippen LogP contribution is 2.19. The lowest BCUT2D eigenvalue weighted by Gasteiger charge is -2.22. The molecule has 0 spiro atoms. The topological polar surface area (TPSA) is 93.1 Å². The summed E-state index contributed by atoms with van der Waals surface area (Å²) in [6, 6.07) is 0.143. The van der Waals surface area contributed by atoms with Gasteiger partial charge in [0.05, 0.1) is 0 Å². The summed E-state index contributed by atoms with van der Waals surface area (Å²) in [6.07, 6.45) is -1.41. The van der Waals surface area contributed by atoms with Crippen molar-refractivity contribution in [2.24, 2.45) is 5.92 Å². The molecule has 2 amide bonds. The summed E-state index contributed by atoms with van der Waals surface area (Å²) in [6.45, 7) is 3.62. The van der Waals surface area contributed by atoms with Crippen molar-refractivity contribution in [2.45, 2.75) is 25.5 Å². The van der Waals surface area contributed by atoms with Crippen LogP contribution in [0, 0.1) is 5.92 Å². The summed E-state index contributed by atoms with van der Waals surface area (Å²) >= 11 is 0. The Morgan fingerprint density at radius 3 is 2.53 bits per heavy atom. The molecule has 1 aliphatic heterocycles. The van der Waals surface area contributed by atoms with Gasteiger partial charge in [-0.1, -0.05) is 6.92 Å². The molecular formula is C12H23N3O4. The Hall–Kier alpha value is -1.34. The van der Waals surface area contributed by atoms with Gasteiger partial charge in [-0.3, -0.25) is 0 Å². The average Bonchev–Trinajstić information content (AvgIpc) is 2.71. The third kappa shape index (κ3) is 4.36. The van der Waals surface area contributed by atoms with Crippen molar-refractivity contribution in [3.05, 3.63) is 0 Å². The maximum absolute atomic E-state index is 11.9. The molecule has 0 bridgehead atoms. The van der Waals surface area contributed by atoms with Gasteiger partial charge in [0, 0.05) is 32.1 Å². The molecular weight excluding hydrogens is 250 g/mol. The van der Waals surface area contributed by atoms with Gasteiger partial charge in [-0.05, 0) is 20.0 Å². The van der Waals surface area contributed by atoms with Crippen LogP contribution in [0.15, 0.2) is 0 Å². The second kappa shape index (κ2) is 6.72. The zero-order valence-corrected chi connectivity index (χ0v) is 11.7. The van der Waals surface area contributed by atoms with Gasteiger partial charge >= 0.3 is 12.0 Å². The lowest BCUT2D eigenvalue weighted by Crippen LogP contribution is -2.41. The summed E-state index contributed by atoms with van der Waals surface area (Å²) in [7, 11) is 3.98. The number of carbonyl (C=O) groups is 2. The molecule has 1 aliphatic rings. The number of hydrogen-bond donors (Lipinski definition) is 3. The smallest absolute Gasteiger partial charge is 0.332 e. The second-order valence-corrected chi connectivity index (χ2v) is 5.29. The number of aliphatic hydroxyl groups is 1. The quantitative estimate of drug-likeness (QED) is 0.623. The van der Waals surface area contributed by atoms with E-state index < -0.39 is 12.1 Å². The van der Waals surface area contributed by atoms with Gasteiger partial charge in [-0.25, -0.2) is 9.59 Å². The van der Waals surface area contributed by atoms with Crippen molar-refractivity contribution in [2.75, 3.05) is 33.7 Å². The fourth-order valence-electron chi connectivity index (χ4n) is 2.34. The predicted molar refractivity (Wildman–Crippen MR) is 69.9 cm³/mol. The Kier molecular flexibility index (Phi) is 5.56. The minimum absolute atomic E-state index is 0.0155. The summed E-state index contributed by atoms with van der Waals surface area (Å²) in [5, 5.41) is 20.2. The molecule has 3 N–H and O–H groups in total. The number of likely N-dealkylation sites (tertiary alicyclic amines) is 1. The first-order chi connectivity index (χ1) is 8.82. The number of nitrogens with zero attached hydrogens (tertiary/aromatic N) is 2. The van der Waals surface area contributed by atoms with Crippen LogP contribution in [-0.4, -0.2) is 77.9 Å². The van der Waals surface area contributed by atoms with E-state index in [0.29, 0.717) is 25.0 Å². The van der Waals surface area contributed by atoms with Crippen LogP contribution in [0.1, 0.15) is 13.3 Å². The van der Waals surface area contributed by atoms with E-state index >= 15 is 0 Å². The Labute approximate surface area is 113 Å². The summed E-state index contributed by atoms with van der Waals surface area (Å²) < 4.78 is 0. The van der Waals surface area contributed by atoms with Crippen molar-refractivity contribution in [3.63, 3.8) is 0 Å². The van der Waals surface area contributed by atoms with Gasteiger partial charge in [0.25, 0.3) is 0 Å². The molecule has 1 fully saturated rings. The van der Waals surface area contributed by atoms with E-state index in [1.807, 2.05) is 14.1 Å². The van der Waals surface area contributed by atoms with E-state index in [0.717, 1.165) is 0 Å². The third-order valence-electron chi connectivity index (χ3n) is 3.50. The number of urea groups is 1. The lowest BCUT2D eigenvalue weighted by atomic mass is 10.1. The Bertz CT molecular complexity index is 335. The molecule has 0 aromatic carbocycles. The SMILES string of the molecule is CC1CN(C(=O)NCC[C@H](O)C(=O)O)CC1N(C)C. The highest BCUT2D eigenvalue weighted by atomic mass is 16.4. The van der Waals surface area contributed by atoms with Crippen molar-refractivity contribution in [3.8, 4) is 0 Å². The molecule has 7 nitrogen and oxygen atoms in total. The number of aliphatic carboxylic acids is 1. The maximum atomic E-state index is 11.9. The Balaban J connectivity index is 2.33. The number of rotatable bonds is 5. The first-order valence-electron chi connectivity index (χ1n) is 6.43. The summed E-state index contributed by atoms with van der Waals surface area (Å²) in [4.78, 5) is 26.1. The van der Waals surface area contributed by atoms with Crippen LogP contribution in [0.2, 0.25) is 0 Å². The molecule has 2 unspecified atom stereocenters. The van der Waals surface area contributed by atoms with E-state index in [4.69, 9.17) is 10.2 Å². The molecule has 0 aliphatic carbocycles. The zero-order valence-electron chi connectivity index (χ0n) is 11.7. The molecule has 1 heterocycles. The van der Waals surface area contributed by atoms with Crippen molar-refractivity contribution < 1.29 is 19.8 Å². The normalized spacial score (nSPS) is 24.6. The summed E-state index contributed by atoms with van der Waals surface area (Å²) in [5.74, 6) is -0.859. The van der Waals surface area contributed by atoms with Gasteiger partial charge in [-0.15, -0.1) is 0 Å². The molecule has 1 rings (SSSR count). The molecule has 0 saturated carbocycles. The predicted octanol–water partition coefficient (Wildman–Crippen LogP) is -0.586. The fraction of sp³-hybridized carbons (Fsp3) is 0.833. The number of nitrogens with one attached hydrogen (secondary N) is 1.